The number of ether oxygens (including phenoxy) is 1. The number of methoxy groups -OCH3 is 1. The Labute approximate surface area is 97.5 Å². The maximum Gasteiger partial charge on any atom is 0.315 e. The first-order chi connectivity index (χ1) is 7.60. The Bertz CT molecular complexity index is 260. The first-order valence-corrected chi connectivity index (χ1v) is 6.21. The largest absolute Gasteiger partial charge is 0.468 e. The highest BCUT2D eigenvalue weighted by Gasteiger charge is 2.32. The second kappa shape index (κ2) is 6.02. The topological polar surface area (TPSA) is 43.4 Å². The van der Waals surface area contributed by atoms with Crippen LogP contribution in [0.4, 0.5) is 0 Å². The zero-order chi connectivity index (χ0) is 12.1. The minimum atomic E-state index is -0.592. The van der Waals surface area contributed by atoms with Crippen molar-refractivity contribution in [2.24, 2.45) is 17.8 Å². The van der Waals surface area contributed by atoms with E-state index in [2.05, 4.69) is 11.7 Å². The number of carbonyl (C=O) groups excluding carboxylic acids is 2. The molecular weight excluding hydrogens is 204 g/mol. The molecule has 1 rings (SSSR count). The van der Waals surface area contributed by atoms with Crippen LogP contribution in [0.25, 0.3) is 0 Å². The fourth-order valence-corrected chi connectivity index (χ4v) is 2.57. The lowest BCUT2D eigenvalue weighted by Gasteiger charge is -2.28. The van der Waals surface area contributed by atoms with E-state index in [1.54, 1.807) is 6.92 Å². The lowest BCUT2D eigenvalue weighted by atomic mass is 9.76. The molecule has 92 valence electrons. The smallest absolute Gasteiger partial charge is 0.315 e. The van der Waals surface area contributed by atoms with Gasteiger partial charge in [-0.2, -0.15) is 0 Å². The van der Waals surface area contributed by atoms with Crippen LogP contribution in [0, 0.1) is 17.8 Å². The van der Waals surface area contributed by atoms with Crippen LogP contribution >= 0.6 is 0 Å². The van der Waals surface area contributed by atoms with Gasteiger partial charge in [0.05, 0.1) is 7.11 Å². The Hall–Kier alpha value is -0.860. The Kier molecular flexibility index (Phi) is 4.97. The Morgan fingerprint density at radius 1 is 1.38 bits per heavy atom. The number of rotatable bonds is 4. The number of hydrogen-bond acceptors (Lipinski definition) is 3. The predicted octanol–water partition coefficient (Wildman–Crippen LogP) is 2.58. The summed E-state index contributed by atoms with van der Waals surface area (Å²) in [6.07, 6.45) is 5.37. The maximum absolute atomic E-state index is 12.1. The molecule has 3 unspecified atom stereocenters. The van der Waals surface area contributed by atoms with Crippen molar-refractivity contribution in [1.82, 2.24) is 0 Å². The lowest BCUT2D eigenvalue weighted by Crippen LogP contribution is -2.31. The molecule has 0 spiro atoms. The fraction of sp³-hybridized carbons (Fsp3) is 0.846. The minimum absolute atomic E-state index is 0.0741. The molecule has 0 N–H and O–H groups in total. The third kappa shape index (κ3) is 3.06. The van der Waals surface area contributed by atoms with Crippen LogP contribution in [-0.4, -0.2) is 18.9 Å². The molecule has 3 nitrogen and oxygen atoms in total. The van der Waals surface area contributed by atoms with Crippen molar-refractivity contribution in [2.75, 3.05) is 7.11 Å². The summed E-state index contributed by atoms with van der Waals surface area (Å²) in [5.41, 5.74) is 0. The van der Waals surface area contributed by atoms with Crippen LogP contribution < -0.4 is 0 Å². The molecule has 0 amide bonds. The van der Waals surface area contributed by atoms with Crippen LogP contribution in [0.1, 0.15) is 46.0 Å². The Morgan fingerprint density at radius 3 is 2.62 bits per heavy atom. The molecule has 0 aliphatic heterocycles. The van der Waals surface area contributed by atoms with E-state index in [1.807, 2.05) is 0 Å². The third-order valence-corrected chi connectivity index (χ3v) is 3.74. The molecule has 0 heterocycles. The molecule has 1 aliphatic carbocycles. The summed E-state index contributed by atoms with van der Waals surface area (Å²) in [4.78, 5) is 23.4. The van der Waals surface area contributed by atoms with E-state index in [-0.39, 0.29) is 11.7 Å². The summed E-state index contributed by atoms with van der Waals surface area (Å²) in [5, 5.41) is 0. The summed E-state index contributed by atoms with van der Waals surface area (Å²) in [5.74, 6) is -0.181. The molecule has 0 saturated heterocycles. The number of hydrogen-bond donors (Lipinski definition) is 0. The molecule has 16 heavy (non-hydrogen) atoms. The molecule has 0 aromatic rings. The first kappa shape index (κ1) is 13.2. The average molecular weight is 226 g/mol. The summed E-state index contributed by atoms with van der Waals surface area (Å²) >= 11 is 0. The normalized spacial score (nSPS) is 27.2. The highest BCUT2D eigenvalue weighted by atomic mass is 16.5. The summed E-state index contributed by atoms with van der Waals surface area (Å²) < 4.78 is 4.62. The van der Waals surface area contributed by atoms with Gasteiger partial charge in [-0.1, -0.05) is 26.2 Å². The zero-order valence-corrected chi connectivity index (χ0v) is 10.5. The van der Waals surface area contributed by atoms with Crippen LogP contribution in [0.15, 0.2) is 0 Å². The van der Waals surface area contributed by atoms with Crippen LogP contribution in [0.3, 0.4) is 0 Å². The second-order valence-electron chi connectivity index (χ2n) is 4.79. The van der Waals surface area contributed by atoms with Crippen LogP contribution in [0.5, 0.6) is 0 Å². The maximum atomic E-state index is 12.1. The number of ketones is 1. The summed E-state index contributed by atoms with van der Waals surface area (Å²) in [6, 6.07) is 0. The van der Waals surface area contributed by atoms with Gasteiger partial charge < -0.3 is 4.74 Å². The number of Topliss-reactive ketones (excluding diaryl/α,β-unsaturated/α-hetero) is 1. The van der Waals surface area contributed by atoms with Crippen molar-refractivity contribution in [3.05, 3.63) is 0 Å². The molecule has 0 bridgehead atoms. The van der Waals surface area contributed by atoms with Gasteiger partial charge in [-0.15, -0.1) is 0 Å². The predicted molar refractivity (Wildman–Crippen MR) is 61.9 cm³/mol. The van der Waals surface area contributed by atoms with Gasteiger partial charge in [-0.3, -0.25) is 9.59 Å². The van der Waals surface area contributed by atoms with E-state index in [4.69, 9.17) is 0 Å². The van der Waals surface area contributed by atoms with Gasteiger partial charge in [0.25, 0.3) is 0 Å². The molecule has 1 fully saturated rings. The molecule has 0 radical (unpaired) electrons. The van der Waals surface area contributed by atoms with Crippen molar-refractivity contribution < 1.29 is 14.3 Å². The van der Waals surface area contributed by atoms with Crippen molar-refractivity contribution in [2.45, 2.75) is 46.0 Å². The Balaban J connectivity index is 2.56. The summed E-state index contributed by atoms with van der Waals surface area (Å²) in [7, 11) is 1.34. The number of esters is 1. The van der Waals surface area contributed by atoms with Gasteiger partial charge in [0.1, 0.15) is 11.7 Å². The van der Waals surface area contributed by atoms with E-state index in [0.29, 0.717) is 5.92 Å². The molecule has 3 atom stereocenters. The van der Waals surface area contributed by atoms with Crippen molar-refractivity contribution in [3.63, 3.8) is 0 Å². The molecule has 0 aromatic heterocycles. The first-order valence-electron chi connectivity index (χ1n) is 6.21. The monoisotopic (exact) mass is 226 g/mol. The molecule has 1 saturated carbocycles. The zero-order valence-electron chi connectivity index (χ0n) is 10.5. The van der Waals surface area contributed by atoms with E-state index >= 15 is 0 Å². The molecule has 0 aromatic carbocycles. The van der Waals surface area contributed by atoms with E-state index in [0.717, 1.165) is 25.7 Å². The quantitative estimate of drug-likeness (QED) is 0.546. The van der Waals surface area contributed by atoms with Crippen LogP contribution in [-0.2, 0) is 14.3 Å². The SMILES string of the molecule is CCC1CCCC(C(=O)C(C)C(=O)OC)C1. The standard InChI is InChI=1S/C13H22O3/c1-4-10-6-5-7-11(8-10)12(14)9(2)13(15)16-3/h9-11H,4-8H2,1-3H3. The van der Waals surface area contributed by atoms with Gasteiger partial charge in [-0.05, 0) is 25.7 Å². The molecular formula is C13H22O3. The minimum Gasteiger partial charge on any atom is -0.468 e. The molecule has 1 aliphatic rings. The van der Waals surface area contributed by atoms with Gasteiger partial charge in [0.2, 0.25) is 0 Å². The number of carbonyl (C=O) groups is 2. The highest BCUT2D eigenvalue weighted by molar-refractivity contribution is 5.99. The summed E-state index contributed by atoms with van der Waals surface area (Å²) in [6.45, 7) is 3.82. The third-order valence-electron chi connectivity index (χ3n) is 3.74. The van der Waals surface area contributed by atoms with Gasteiger partial charge >= 0.3 is 5.97 Å². The van der Waals surface area contributed by atoms with Crippen molar-refractivity contribution in [3.8, 4) is 0 Å². The van der Waals surface area contributed by atoms with E-state index < -0.39 is 11.9 Å². The van der Waals surface area contributed by atoms with Crippen molar-refractivity contribution in [1.29, 1.82) is 0 Å². The van der Waals surface area contributed by atoms with E-state index in [1.165, 1.54) is 13.5 Å². The average Bonchev–Trinajstić information content (AvgIpc) is 2.36. The van der Waals surface area contributed by atoms with Crippen LogP contribution in [0.2, 0.25) is 0 Å². The Morgan fingerprint density at radius 2 is 2.06 bits per heavy atom. The highest BCUT2D eigenvalue weighted by Crippen LogP contribution is 2.32. The van der Waals surface area contributed by atoms with Gasteiger partial charge in [0, 0.05) is 5.92 Å². The van der Waals surface area contributed by atoms with Crippen molar-refractivity contribution >= 4 is 11.8 Å². The van der Waals surface area contributed by atoms with E-state index in [9.17, 15) is 9.59 Å². The second-order valence-corrected chi connectivity index (χ2v) is 4.79. The lowest BCUT2D eigenvalue weighted by molar-refractivity contribution is -0.150. The van der Waals surface area contributed by atoms with Gasteiger partial charge in [0.15, 0.2) is 0 Å². The fourth-order valence-electron chi connectivity index (χ4n) is 2.57. The van der Waals surface area contributed by atoms with Gasteiger partial charge in [-0.25, -0.2) is 0 Å². The molecule has 3 heteroatoms.